The Bertz CT molecular complexity index is 1250. The molecule has 1 fully saturated rings. The second-order valence-corrected chi connectivity index (χ2v) is 10.7. The summed E-state index contributed by atoms with van der Waals surface area (Å²) in [6.07, 6.45) is 9.49. The fourth-order valence-corrected chi connectivity index (χ4v) is 5.34. The molecule has 0 bridgehead atoms. The normalized spacial score (nSPS) is 24.9. The zero-order valence-electron chi connectivity index (χ0n) is 21.2. The zero-order chi connectivity index (χ0) is 25.9. The highest BCUT2D eigenvalue weighted by Gasteiger charge is 2.40. The Kier molecular flexibility index (Phi) is 7.13. The molecule has 1 aliphatic heterocycles. The molecule has 0 saturated heterocycles. The van der Waals surface area contributed by atoms with E-state index in [4.69, 9.17) is 11.3 Å². The number of esters is 1. The highest BCUT2D eigenvalue weighted by molar-refractivity contribution is 6.44. The van der Waals surface area contributed by atoms with Gasteiger partial charge >= 0.3 is 5.97 Å². The summed E-state index contributed by atoms with van der Waals surface area (Å²) in [5, 5.41) is 13.3. The number of hydrogen-bond donors (Lipinski definition) is 1. The number of anilines is 1. The molecule has 1 amide bonds. The SMILES string of the molecule is [C-]#[N+]C1=CCC(C(=O)Nc2ccc(C3(C#N)CCC(C(=O)OC)CC3)cc2C2=CCC(C)(C)CC2)=N1. The number of hydrogen-bond acceptors (Lipinski definition) is 5. The molecule has 1 saturated carbocycles. The van der Waals surface area contributed by atoms with Crippen LogP contribution in [0.1, 0.15) is 76.3 Å². The Labute approximate surface area is 212 Å². The fraction of sp³-hybridized carbons (Fsp3) is 0.483. The molecule has 7 heteroatoms. The Morgan fingerprint density at radius 3 is 2.56 bits per heavy atom. The Morgan fingerprint density at radius 1 is 1.22 bits per heavy atom. The van der Waals surface area contributed by atoms with Crippen LogP contribution < -0.4 is 5.32 Å². The maximum atomic E-state index is 13.0. The van der Waals surface area contributed by atoms with Crippen molar-refractivity contribution in [3.05, 3.63) is 58.7 Å². The largest absolute Gasteiger partial charge is 0.469 e. The van der Waals surface area contributed by atoms with Crippen molar-refractivity contribution in [2.24, 2.45) is 16.3 Å². The molecule has 1 heterocycles. The van der Waals surface area contributed by atoms with Gasteiger partial charge in [-0.1, -0.05) is 38.6 Å². The maximum absolute atomic E-state index is 13.0. The van der Waals surface area contributed by atoms with Gasteiger partial charge < -0.3 is 14.9 Å². The van der Waals surface area contributed by atoms with E-state index >= 15 is 0 Å². The third kappa shape index (κ3) is 5.11. The van der Waals surface area contributed by atoms with Crippen LogP contribution >= 0.6 is 0 Å². The average molecular weight is 485 g/mol. The minimum absolute atomic E-state index is 0.168. The van der Waals surface area contributed by atoms with Crippen molar-refractivity contribution in [2.45, 2.75) is 70.6 Å². The number of methoxy groups -OCH3 is 1. The third-order valence-corrected chi connectivity index (χ3v) is 7.83. The first-order valence-corrected chi connectivity index (χ1v) is 12.5. The van der Waals surface area contributed by atoms with E-state index in [0.29, 0.717) is 43.5 Å². The lowest BCUT2D eigenvalue weighted by molar-refractivity contribution is -0.146. The van der Waals surface area contributed by atoms with Gasteiger partial charge in [0.25, 0.3) is 11.7 Å². The molecular formula is C29H32N4O3. The van der Waals surface area contributed by atoms with Crippen LogP contribution in [0.2, 0.25) is 0 Å². The summed E-state index contributed by atoms with van der Waals surface area (Å²) in [4.78, 5) is 32.4. The second-order valence-electron chi connectivity index (χ2n) is 10.7. The van der Waals surface area contributed by atoms with Crippen LogP contribution in [0.5, 0.6) is 0 Å². The summed E-state index contributed by atoms with van der Waals surface area (Å²) >= 11 is 0. The van der Waals surface area contributed by atoms with Crippen molar-refractivity contribution in [2.75, 3.05) is 12.4 Å². The smallest absolute Gasteiger partial charge is 0.308 e. The number of rotatable bonds is 5. The van der Waals surface area contributed by atoms with Crippen LogP contribution in [-0.2, 0) is 19.7 Å². The van der Waals surface area contributed by atoms with Gasteiger partial charge in [-0.2, -0.15) is 5.26 Å². The minimum atomic E-state index is -0.680. The van der Waals surface area contributed by atoms with E-state index in [-0.39, 0.29) is 29.0 Å². The van der Waals surface area contributed by atoms with Gasteiger partial charge in [0.15, 0.2) is 5.71 Å². The average Bonchev–Trinajstić information content (AvgIpc) is 3.38. The lowest BCUT2D eigenvalue weighted by Gasteiger charge is -2.35. The summed E-state index contributed by atoms with van der Waals surface area (Å²) in [7, 11) is 1.41. The Balaban J connectivity index is 1.67. The molecule has 7 nitrogen and oxygen atoms in total. The number of allylic oxidation sites excluding steroid dienone is 3. The van der Waals surface area contributed by atoms with E-state index in [1.165, 1.54) is 7.11 Å². The fourth-order valence-electron chi connectivity index (χ4n) is 5.34. The van der Waals surface area contributed by atoms with Gasteiger partial charge in [0.2, 0.25) is 0 Å². The molecule has 1 aromatic carbocycles. The number of benzene rings is 1. The van der Waals surface area contributed by atoms with Crippen LogP contribution in [0.4, 0.5) is 5.69 Å². The summed E-state index contributed by atoms with van der Waals surface area (Å²) < 4.78 is 4.92. The molecule has 4 rings (SSSR count). The molecule has 0 aromatic heterocycles. The van der Waals surface area contributed by atoms with Gasteiger partial charge in [-0.3, -0.25) is 9.59 Å². The minimum Gasteiger partial charge on any atom is -0.469 e. The standard InChI is InChI=1S/C29H32N4O3/c1-28(2)13-9-19(10-14-28)22-17-21(29(18-30)15-11-20(12-16-29)27(35)36-4)5-6-23(22)33-26(34)24-7-8-25(31-3)32-24/h5-6,8-9,17,20H,7,10-16H2,1-2,4H3,(H,33,34). The van der Waals surface area contributed by atoms with Gasteiger partial charge in [-0.05, 0) is 73.6 Å². The molecule has 0 unspecified atom stereocenters. The van der Waals surface area contributed by atoms with E-state index in [9.17, 15) is 14.9 Å². The third-order valence-electron chi connectivity index (χ3n) is 7.83. The summed E-state index contributed by atoms with van der Waals surface area (Å²) in [6.45, 7) is 11.6. The van der Waals surface area contributed by atoms with Crippen molar-refractivity contribution in [1.82, 2.24) is 0 Å². The van der Waals surface area contributed by atoms with Crippen molar-refractivity contribution in [1.29, 1.82) is 5.26 Å². The van der Waals surface area contributed by atoms with Crippen LogP contribution in [0.25, 0.3) is 10.4 Å². The number of nitriles is 1. The van der Waals surface area contributed by atoms with E-state index in [1.54, 1.807) is 6.08 Å². The molecule has 1 N–H and O–H groups in total. The maximum Gasteiger partial charge on any atom is 0.308 e. The number of nitrogens with one attached hydrogen (secondary N) is 1. The second kappa shape index (κ2) is 10.1. The van der Waals surface area contributed by atoms with Crippen LogP contribution in [-0.4, -0.2) is 24.7 Å². The Hall–Kier alpha value is -3.71. The predicted octanol–water partition coefficient (Wildman–Crippen LogP) is 5.95. The molecule has 0 atom stereocenters. The quantitative estimate of drug-likeness (QED) is 0.413. The Morgan fingerprint density at radius 2 is 1.97 bits per heavy atom. The number of aliphatic imine (C=N–C) groups is 1. The highest BCUT2D eigenvalue weighted by Crippen LogP contribution is 2.45. The van der Waals surface area contributed by atoms with Crippen LogP contribution in [0, 0.1) is 29.2 Å². The molecule has 0 spiro atoms. The monoisotopic (exact) mass is 484 g/mol. The first kappa shape index (κ1) is 25.4. The van der Waals surface area contributed by atoms with Crippen molar-refractivity contribution >= 4 is 28.8 Å². The van der Waals surface area contributed by atoms with Crippen LogP contribution in [0.3, 0.4) is 0 Å². The molecule has 36 heavy (non-hydrogen) atoms. The molecule has 3 aliphatic rings. The lowest BCUT2D eigenvalue weighted by Crippen LogP contribution is -2.33. The number of ether oxygens (including phenoxy) is 1. The van der Waals surface area contributed by atoms with E-state index in [2.05, 4.69) is 47.2 Å². The van der Waals surface area contributed by atoms with Gasteiger partial charge in [0.05, 0.1) is 24.5 Å². The topological polar surface area (TPSA) is 95.9 Å². The van der Waals surface area contributed by atoms with Gasteiger partial charge in [0, 0.05) is 17.7 Å². The van der Waals surface area contributed by atoms with Gasteiger partial charge in [0.1, 0.15) is 0 Å². The van der Waals surface area contributed by atoms with Crippen molar-refractivity contribution in [3.63, 3.8) is 0 Å². The summed E-state index contributed by atoms with van der Waals surface area (Å²) in [6, 6.07) is 8.42. The predicted molar refractivity (Wildman–Crippen MR) is 139 cm³/mol. The van der Waals surface area contributed by atoms with Gasteiger partial charge in [-0.25, -0.2) is 0 Å². The molecule has 186 valence electrons. The molecular weight excluding hydrogens is 452 g/mol. The van der Waals surface area contributed by atoms with E-state index < -0.39 is 5.41 Å². The molecule has 2 aliphatic carbocycles. The molecule has 1 aromatic rings. The van der Waals surface area contributed by atoms with E-state index in [0.717, 1.165) is 36.0 Å². The first-order valence-electron chi connectivity index (χ1n) is 12.5. The zero-order valence-corrected chi connectivity index (χ0v) is 21.2. The number of amides is 1. The lowest BCUT2D eigenvalue weighted by atomic mass is 9.67. The van der Waals surface area contributed by atoms with Crippen LogP contribution in [0.15, 0.2) is 41.2 Å². The number of carbonyl (C=O) groups excluding carboxylic acids is 2. The van der Waals surface area contributed by atoms with Gasteiger partial charge in [-0.15, -0.1) is 4.99 Å². The highest BCUT2D eigenvalue weighted by atomic mass is 16.5. The molecule has 0 radical (unpaired) electrons. The summed E-state index contributed by atoms with van der Waals surface area (Å²) in [5.41, 5.74) is 3.57. The van der Waals surface area contributed by atoms with Crippen molar-refractivity contribution in [3.8, 4) is 6.07 Å². The number of carbonyl (C=O) groups is 2. The van der Waals surface area contributed by atoms with E-state index in [1.807, 2.05) is 12.1 Å². The summed E-state index contributed by atoms with van der Waals surface area (Å²) in [5.74, 6) is -0.449. The number of nitrogens with zero attached hydrogens (tertiary/aromatic N) is 3. The first-order chi connectivity index (χ1) is 17.2. The van der Waals surface area contributed by atoms with Crippen molar-refractivity contribution < 1.29 is 14.3 Å².